The SMILES string of the molecule is COC(=O)c1cc(-c2ccncc2)n(-c2ccncc2)n1. The molecule has 0 aliphatic carbocycles. The minimum atomic E-state index is -0.474. The summed E-state index contributed by atoms with van der Waals surface area (Å²) in [4.78, 5) is 19.7. The Morgan fingerprint density at radius 2 is 1.67 bits per heavy atom. The monoisotopic (exact) mass is 280 g/mol. The first kappa shape index (κ1) is 13.0. The van der Waals surface area contributed by atoms with Gasteiger partial charge in [-0.15, -0.1) is 0 Å². The van der Waals surface area contributed by atoms with Gasteiger partial charge in [-0.2, -0.15) is 5.10 Å². The summed E-state index contributed by atoms with van der Waals surface area (Å²) in [6.07, 6.45) is 6.73. The number of rotatable bonds is 3. The summed E-state index contributed by atoms with van der Waals surface area (Å²) < 4.78 is 6.42. The molecule has 6 heteroatoms. The van der Waals surface area contributed by atoms with Crippen molar-refractivity contribution >= 4 is 5.97 Å². The second-order valence-electron chi connectivity index (χ2n) is 4.26. The first-order valence-corrected chi connectivity index (χ1v) is 6.29. The molecule has 0 spiro atoms. The largest absolute Gasteiger partial charge is 0.464 e. The van der Waals surface area contributed by atoms with Crippen LogP contribution in [0.3, 0.4) is 0 Å². The number of esters is 1. The molecule has 104 valence electrons. The number of methoxy groups -OCH3 is 1. The number of hydrogen-bond acceptors (Lipinski definition) is 5. The van der Waals surface area contributed by atoms with Crippen molar-refractivity contribution in [1.29, 1.82) is 0 Å². The molecule has 6 nitrogen and oxygen atoms in total. The molecule has 0 N–H and O–H groups in total. The van der Waals surface area contributed by atoms with Gasteiger partial charge in [-0.25, -0.2) is 9.48 Å². The Bertz CT molecular complexity index is 697. The minimum Gasteiger partial charge on any atom is -0.464 e. The van der Waals surface area contributed by atoms with E-state index in [9.17, 15) is 4.79 Å². The summed E-state index contributed by atoms with van der Waals surface area (Å²) >= 11 is 0. The van der Waals surface area contributed by atoms with Crippen LogP contribution in [-0.2, 0) is 4.74 Å². The summed E-state index contributed by atoms with van der Waals surface area (Å²) in [7, 11) is 1.33. The van der Waals surface area contributed by atoms with E-state index in [1.165, 1.54) is 7.11 Å². The van der Waals surface area contributed by atoms with Crippen LogP contribution in [0.4, 0.5) is 0 Å². The van der Waals surface area contributed by atoms with Crippen molar-refractivity contribution in [2.24, 2.45) is 0 Å². The number of aromatic nitrogens is 4. The molecular formula is C15H12N4O2. The highest BCUT2D eigenvalue weighted by Gasteiger charge is 2.16. The predicted molar refractivity (Wildman–Crippen MR) is 75.9 cm³/mol. The molecule has 0 radical (unpaired) electrons. The predicted octanol–water partition coefficient (Wildman–Crippen LogP) is 2.12. The first-order chi connectivity index (χ1) is 10.3. The van der Waals surface area contributed by atoms with Crippen LogP contribution in [0.1, 0.15) is 10.5 Å². The Labute approximate surface area is 121 Å². The number of nitrogens with zero attached hydrogens (tertiary/aromatic N) is 4. The molecule has 0 aliphatic rings. The molecule has 3 rings (SSSR count). The Balaban J connectivity index is 2.18. The van der Waals surface area contributed by atoms with Crippen LogP contribution in [0, 0.1) is 0 Å². The standard InChI is InChI=1S/C15H12N4O2/c1-21-15(20)13-10-14(11-2-6-16-7-3-11)19(18-13)12-4-8-17-9-5-12/h2-10H,1H3. The molecule has 0 amide bonds. The average molecular weight is 280 g/mol. The Morgan fingerprint density at radius 3 is 2.29 bits per heavy atom. The van der Waals surface area contributed by atoms with Crippen molar-refractivity contribution in [3.63, 3.8) is 0 Å². The van der Waals surface area contributed by atoms with Crippen LogP contribution < -0.4 is 0 Å². The lowest BCUT2D eigenvalue weighted by Gasteiger charge is -2.06. The zero-order valence-corrected chi connectivity index (χ0v) is 11.3. The van der Waals surface area contributed by atoms with Gasteiger partial charge in [0.1, 0.15) is 0 Å². The highest BCUT2D eigenvalue weighted by atomic mass is 16.5. The van der Waals surface area contributed by atoms with Gasteiger partial charge < -0.3 is 4.74 Å². The summed E-state index contributed by atoms with van der Waals surface area (Å²) in [6, 6.07) is 9.05. The summed E-state index contributed by atoms with van der Waals surface area (Å²) in [5.74, 6) is -0.474. The molecule has 0 fully saturated rings. The number of ether oxygens (including phenoxy) is 1. The van der Waals surface area contributed by atoms with Gasteiger partial charge in [-0.05, 0) is 30.3 Å². The van der Waals surface area contributed by atoms with Crippen LogP contribution in [0.15, 0.2) is 55.1 Å². The Morgan fingerprint density at radius 1 is 1.05 bits per heavy atom. The molecule has 3 aromatic rings. The maximum absolute atomic E-state index is 11.7. The number of carbonyl (C=O) groups is 1. The van der Waals surface area contributed by atoms with E-state index < -0.39 is 5.97 Å². The highest BCUT2D eigenvalue weighted by Crippen LogP contribution is 2.23. The van der Waals surface area contributed by atoms with Crippen molar-refractivity contribution in [3.05, 3.63) is 60.8 Å². The van der Waals surface area contributed by atoms with Crippen LogP contribution >= 0.6 is 0 Å². The second kappa shape index (κ2) is 5.54. The molecule has 0 saturated carbocycles. The molecule has 21 heavy (non-hydrogen) atoms. The number of hydrogen-bond donors (Lipinski definition) is 0. The molecule has 0 atom stereocenters. The fraction of sp³-hybridized carbons (Fsp3) is 0.0667. The van der Waals surface area contributed by atoms with E-state index in [0.29, 0.717) is 0 Å². The van der Waals surface area contributed by atoms with Gasteiger partial charge in [0.05, 0.1) is 18.5 Å². The van der Waals surface area contributed by atoms with E-state index >= 15 is 0 Å². The van der Waals surface area contributed by atoms with Gasteiger partial charge in [0.15, 0.2) is 5.69 Å². The van der Waals surface area contributed by atoms with Crippen LogP contribution in [-0.4, -0.2) is 32.8 Å². The summed E-state index contributed by atoms with van der Waals surface area (Å²) in [5, 5.41) is 4.32. The summed E-state index contributed by atoms with van der Waals surface area (Å²) in [6.45, 7) is 0. The average Bonchev–Trinajstić information content (AvgIpc) is 3.01. The van der Waals surface area contributed by atoms with E-state index in [-0.39, 0.29) is 5.69 Å². The smallest absolute Gasteiger partial charge is 0.358 e. The fourth-order valence-electron chi connectivity index (χ4n) is 2.00. The van der Waals surface area contributed by atoms with E-state index in [0.717, 1.165) is 16.9 Å². The third-order valence-corrected chi connectivity index (χ3v) is 2.99. The summed E-state index contributed by atoms with van der Waals surface area (Å²) in [5.41, 5.74) is 2.75. The maximum atomic E-state index is 11.7. The van der Waals surface area contributed by atoms with E-state index in [1.807, 2.05) is 24.3 Å². The molecule has 0 bridgehead atoms. The molecule has 3 aromatic heterocycles. The van der Waals surface area contributed by atoms with E-state index in [4.69, 9.17) is 4.74 Å². The third kappa shape index (κ3) is 2.51. The lowest BCUT2D eigenvalue weighted by molar-refractivity contribution is 0.0593. The van der Waals surface area contributed by atoms with Gasteiger partial charge in [-0.3, -0.25) is 9.97 Å². The van der Waals surface area contributed by atoms with Gasteiger partial charge in [0.25, 0.3) is 0 Å². The third-order valence-electron chi connectivity index (χ3n) is 2.99. The van der Waals surface area contributed by atoms with Crippen LogP contribution in [0.25, 0.3) is 16.9 Å². The fourth-order valence-corrected chi connectivity index (χ4v) is 2.00. The van der Waals surface area contributed by atoms with Crippen LogP contribution in [0.2, 0.25) is 0 Å². The van der Waals surface area contributed by atoms with Gasteiger partial charge >= 0.3 is 5.97 Å². The zero-order valence-electron chi connectivity index (χ0n) is 11.3. The van der Waals surface area contributed by atoms with Gasteiger partial charge in [0, 0.05) is 30.4 Å². The molecule has 3 heterocycles. The first-order valence-electron chi connectivity index (χ1n) is 6.29. The zero-order chi connectivity index (χ0) is 14.7. The van der Waals surface area contributed by atoms with Gasteiger partial charge in [-0.1, -0.05) is 0 Å². The second-order valence-corrected chi connectivity index (χ2v) is 4.26. The van der Waals surface area contributed by atoms with Crippen molar-refractivity contribution < 1.29 is 9.53 Å². The normalized spacial score (nSPS) is 10.3. The maximum Gasteiger partial charge on any atom is 0.358 e. The highest BCUT2D eigenvalue weighted by molar-refractivity contribution is 5.88. The molecular weight excluding hydrogens is 268 g/mol. The Hall–Kier alpha value is -3.02. The number of pyridine rings is 2. The number of carbonyl (C=O) groups excluding carboxylic acids is 1. The molecule has 0 aromatic carbocycles. The quantitative estimate of drug-likeness (QED) is 0.687. The van der Waals surface area contributed by atoms with Gasteiger partial charge in [0.2, 0.25) is 0 Å². The topological polar surface area (TPSA) is 69.9 Å². The lowest BCUT2D eigenvalue weighted by atomic mass is 10.2. The molecule has 0 saturated heterocycles. The van der Waals surface area contributed by atoms with Crippen molar-refractivity contribution in [3.8, 4) is 16.9 Å². The van der Waals surface area contributed by atoms with Crippen molar-refractivity contribution in [1.82, 2.24) is 19.7 Å². The molecule has 0 aliphatic heterocycles. The molecule has 0 unspecified atom stereocenters. The Kier molecular flexibility index (Phi) is 3.42. The van der Waals surface area contributed by atoms with Crippen molar-refractivity contribution in [2.45, 2.75) is 0 Å². The lowest BCUT2D eigenvalue weighted by Crippen LogP contribution is -2.04. The minimum absolute atomic E-state index is 0.251. The van der Waals surface area contributed by atoms with Crippen molar-refractivity contribution in [2.75, 3.05) is 7.11 Å². The van der Waals surface area contributed by atoms with E-state index in [2.05, 4.69) is 15.1 Å². The van der Waals surface area contributed by atoms with E-state index in [1.54, 1.807) is 35.5 Å². The van der Waals surface area contributed by atoms with Crippen LogP contribution in [0.5, 0.6) is 0 Å².